The van der Waals surface area contributed by atoms with Crippen LogP contribution in [0, 0.1) is 10.1 Å². The molecule has 1 atom stereocenters. The Balaban J connectivity index is 2.10. The molecule has 1 unspecified atom stereocenters. The van der Waals surface area contributed by atoms with Crippen LogP contribution < -0.4 is 11.1 Å². The molecule has 0 aliphatic rings. The number of nitro groups is 1. The molecule has 0 bridgehead atoms. The highest BCUT2D eigenvalue weighted by molar-refractivity contribution is 6.01. The molecule has 0 saturated heterocycles. The number of hydrogen-bond donors (Lipinski definition) is 2. The Bertz CT molecular complexity index is 654. The van der Waals surface area contributed by atoms with Crippen LogP contribution in [-0.2, 0) is 6.54 Å². The largest absolute Gasteiger partial charge is 0.393 e. The molecule has 0 saturated carbocycles. The fourth-order valence-electron chi connectivity index (χ4n) is 1.95. The van der Waals surface area contributed by atoms with Crippen LogP contribution >= 0.6 is 0 Å². The van der Waals surface area contributed by atoms with E-state index in [0.717, 1.165) is 0 Å². The first-order valence-corrected chi connectivity index (χ1v) is 6.30. The highest BCUT2D eigenvalue weighted by Gasteiger charge is 2.20. The lowest BCUT2D eigenvalue weighted by molar-refractivity contribution is -0.383. The molecule has 2 rings (SSSR count). The summed E-state index contributed by atoms with van der Waals surface area (Å²) in [5, 5.41) is 17.6. The van der Waals surface area contributed by atoms with E-state index in [1.807, 2.05) is 6.92 Å². The minimum atomic E-state index is -0.612. The van der Waals surface area contributed by atoms with Crippen LogP contribution in [0.25, 0.3) is 0 Å². The number of nitrogens with one attached hydrogen (secondary N) is 1. The lowest BCUT2D eigenvalue weighted by Crippen LogP contribution is -2.36. The van der Waals surface area contributed by atoms with Crippen LogP contribution in [0.15, 0.2) is 36.7 Å². The van der Waals surface area contributed by atoms with Gasteiger partial charge in [0.25, 0.3) is 11.6 Å². The van der Waals surface area contributed by atoms with E-state index in [2.05, 4.69) is 10.4 Å². The topological polar surface area (TPSA) is 116 Å². The number of amides is 1. The summed E-state index contributed by atoms with van der Waals surface area (Å²) >= 11 is 0. The van der Waals surface area contributed by atoms with Crippen molar-refractivity contribution in [3.63, 3.8) is 0 Å². The molecule has 1 heterocycles. The van der Waals surface area contributed by atoms with Crippen molar-refractivity contribution in [3.8, 4) is 0 Å². The maximum atomic E-state index is 12.1. The molecule has 21 heavy (non-hydrogen) atoms. The number of para-hydroxylation sites is 1. The van der Waals surface area contributed by atoms with Crippen LogP contribution in [0.3, 0.4) is 0 Å². The van der Waals surface area contributed by atoms with Crippen molar-refractivity contribution in [2.45, 2.75) is 19.5 Å². The third kappa shape index (κ3) is 3.35. The second-order valence-corrected chi connectivity index (χ2v) is 4.60. The molecule has 0 radical (unpaired) electrons. The lowest BCUT2D eigenvalue weighted by atomic mass is 10.1. The standard InChI is InChI=1S/C13H15N5O3/c1-9(8-17-7-3-6-15-17)16-13(19)10-4-2-5-11(12(10)14)18(20)21/h2-7,9H,8,14H2,1H3,(H,16,19). The SMILES string of the molecule is CC(Cn1cccn1)NC(=O)c1cccc([N+](=O)[O-])c1N. The molecular weight excluding hydrogens is 274 g/mol. The molecule has 110 valence electrons. The van der Waals surface area contributed by atoms with Crippen LogP contribution in [-0.4, -0.2) is 26.7 Å². The average molecular weight is 289 g/mol. The number of nitrogens with zero attached hydrogens (tertiary/aromatic N) is 3. The van der Waals surface area contributed by atoms with E-state index in [0.29, 0.717) is 6.54 Å². The normalized spacial score (nSPS) is 11.9. The predicted octanol–water partition coefficient (Wildman–Crippen LogP) is 1.19. The van der Waals surface area contributed by atoms with Gasteiger partial charge >= 0.3 is 0 Å². The van der Waals surface area contributed by atoms with E-state index < -0.39 is 10.8 Å². The summed E-state index contributed by atoms with van der Waals surface area (Å²) in [4.78, 5) is 22.3. The number of benzene rings is 1. The molecule has 0 fully saturated rings. The first-order valence-electron chi connectivity index (χ1n) is 6.30. The highest BCUT2D eigenvalue weighted by Crippen LogP contribution is 2.24. The van der Waals surface area contributed by atoms with Gasteiger partial charge in [-0.1, -0.05) is 6.07 Å². The minimum Gasteiger partial charge on any atom is -0.393 e. The minimum absolute atomic E-state index is 0.0940. The Hall–Kier alpha value is -2.90. The maximum Gasteiger partial charge on any atom is 0.292 e. The van der Waals surface area contributed by atoms with E-state index in [9.17, 15) is 14.9 Å². The molecule has 1 aromatic heterocycles. The highest BCUT2D eigenvalue weighted by atomic mass is 16.6. The zero-order chi connectivity index (χ0) is 15.4. The van der Waals surface area contributed by atoms with Crippen molar-refractivity contribution >= 4 is 17.3 Å². The van der Waals surface area contributed by atoms with E-state index >= 15 is 0 Å². The fraction of sp³-hybridized carbons (Fsp3) is 0.231. The predicted molar refractivity (Wildman–Crippen MR) is 76.7 cm³/mol. The molecule has 0 aliphatic heterocycles. The Kier molecular flexibility index (Phi) is 4.17. The van der Waals surface area contributed by atoms with Crippen LogP contribution in [0.1, 0.15) is 17.3 Å². The average Bonchev–Trinajstić information content (AvgIpc) is 2.91. The molecule has 0 spiro atoms. The number of nitro benzene ring substituents is 1. The van der Waals surface area contributed by atoms with Gasteiger partial charge in [0.15, 0.2) is 0 Å². The lowest BCUT2D eigenvalue weighted by Gasteiger charge is -2.14. The van der Waals surface area contributed by atoms with Gasteiger partial charge in [0, 0.05) is 24.5 Å². The van der Waals surface area contributed by atoms with Crippen LogP contribution in [0.2, 0.25) is 0 Å². The molecular formula is C13H15N5O3. The first-order chi connectivity index (χ1) is 9.99. The molecule has 2 aromatic rings. The molecule has 8 heteroatoms. The second kappa shape index (κ2) is 6.04. The Morgan fingerprint density at radius 2 is 2.29 bits per heavy atom. The summed E-state index contributed by atoms with van der Waals surface area (Å²) in [6, 6.07) is 5.74. The fourth-order valence-corrected chi connectivity index (χ4v) is 1.95. The van der Waals surface area contributed by atoms with Crippen LogP contribution in [0.5, 0.6) is 0 Å². The smallest absolute Gasteiger partial charge is 0.292 e. The summed E-state index contributed by atoms with van der Waals surface area (Å²) in [5.41, 5.74) is 5.36. The van der Waals surface area contributed by atoms with Gasteiger partial charge in [0.2, 0.25) is 0 Å². The quantitative estimate of drug-likeness (QED) is 0.487. The van der Waals surface area contributed by atoms with Crippen molar-refractivity contribution in [2.75, 3.05) is 5.73 Å². The van der Waals surface area contributed by atoms with E-state index in [-0.39, 0.29) is 23.0 Å². The van der Waals surface area contributed by atoms with E-state index in [4.69, 9.17) is 5.73 Å². The molecule has 8 nitrogen and oxygen atoms in total. The first kappa shape index (κ1) is 14.5. The second-order valence-electron chi connectivity index (χ2n) is 4.60. The maximum absolute atomic E-state index is 12.1. The van der Waals surface area contributed by atoms with Crippen molar-refractivity contribution in [3.05, 3.63) is 52.3 Å². The molecule has 3 N–H and O–H groups in total. The third-order valence-electron chi connectivity index (χ3n) is 2.92. The Morgan fingerprint density at radius 1 is 1.52 bits per heavy atom. The summed E-state index contributed by atoms with van der Waals surface area (Å²) in [5.74, 6) is -0.448. The van der Waals surface area contributed by atoms with Crippen molar-refractivity contribution in [1.29, 1.82) is 0 Å². The number of rotatable bonds is 5. The van der Waals surface area contributed by atoms with Gasteiger partial charge in [-0.3, -0.25) is 19.6 Å². The van der Waals surface area contributed by atoms with Gasteiger partial charge in [0.05, 0.1) is 17.0 Å². The zero-order valence-electron chi connectivity index (χ0n) is 11.4. The van der Waals surface area contributed by atoms with Crippen LogP contribution in [0.4, 0.5) is 11.4 Å². The molecule has 1 amide bonds. The van der Waals surface area contributed by atoms with Crippen molar-refractivity contribution in [1.82, 2.24) is 15.1 Å². The number of carbonyl (C=O) groups is 1. The monoisotopic (exact) mass is 289 g/mol. The summed E-state index contributed by atoms with van der Waals surface area (Å²) in [7, 11) is 0. The number of nitrogens with two attached hydrogens (primary N) is 1. The van der Waals surface area contributed by atoms with Gasteiger partial charge in [-0.25, -0.2) is 0 Å². The number of carbonyl (C=O) groups excluding carboxylic acids is 1. The van der Waals surface area contributed by atoms with Gasteiger partial charge in [-0.2, -0.15) is 5.10 Å². The number of nitrogen functional groups attached to an aromatic ring is 1. The number of hydrogen-bond acceptors (Lipinski definition) is 5. The van der Waals surface area contributed by atoms with Gasteiger partial charge in [-0.05, 0) is 19.1 Å². The Morgan fingerprint density at radius 3 is 2.90 bits per heavy atom. The molecule has 0 aliphatic carbocycles. The zero-order valence-corrected chi connectivity index (χ0v) is 11.4. The van der Waals surface area contributed by atoms with Gasteiger partial charge in [0.1, 0.15) is 5.69 Å². The van der Waals surface area contributed by atoms with Crippen molar-refractivity contribution < 1.29 is 9.72 Å². The van der Waals surface area contributed by atoms with E-state index in [1.165, 1.54) is 18.2 Å². The number of aromatic nitrogens is 2. The summed E-state index contributed by atoms with van der Waals surface area (Å²) in [6.07, 6.45) is 3.43. The van der Waals surface area contributed by atoms with Gasteiger partial charge < -0.3 is 11.1 Å². The Labute approximate surface area is 120 Å². The van der Waals surface area contributed by atoms with E-state index in [1.54, 1.807) is 23.1 Å². The van der Waals surface area contributed by atoms with Crippen molar-refractivity contribution in [2.24, 2.45) is 0 Å². The third-order valence-corrected chi connectivity index (χ3v) is 2.92. The summed E-state index contributed by atoms with van der Waals surface area (Å²) in [6.45, 7) is 2.31. The van der Waals surface area contributed by atoms with Gasteiger partial charge in [-0.15, -0.1) is 0 Å². The summed E-state index contributed by atoms with van der Waals surface area (Å²) < 4.78 is 1.68. The number of anilines is 1. The molecule has 1 aromatic carbocycles.